The molecule has 3 rings (SSSR count). The topological polar surface area (TPSA) is 41.6 Å². The Kier molecular flexibility index (Phi) is 3.87. The highest BCUT2D eigenvalue weighted by Crippen LogP contribution is 2.27. The third-order valence-corrected chi connectivity index (χ3v) is 4.05. The van der Waals surface area contributed by atoms with Crippen LogP contribution in [0.4, 0.5) is 0 Å². The predicted molar refractivity (Wildman–Crippen MR) is 89.2 cm³/mol. The van der Waals surface area contributed by atoms with E-state index in [1.54, 1.807) is 6.07 Å². The van der Waals surface area contributed by atoms with Crippen molar-refractivity contribution in [2.45, 2.75) is 19.8 Å². The molecule has 1 radical (unpaired) electrons. The van der Waals surface area contributed by atoms with E-state index in [1.807, 2.05) is 6.07 Å². The lowest BCUT2D eigenvalue weighted by Crippen LogP contribution is -2.00. The number of benzene rings is 2. The summed E-state index contributed by atoms with van der Waals surface area (Å²) < 4.78 is 2.09. The van der Waals surface area contributed by atoms with E-state index in [0.29, 0.717) is 10.6 Å². The smallest absolute Gasteiger partial charge is 0.114 e. The highest BCUT2D eigenvalue weighted by atomic mass is 35.5. The molecule has 0 spiro atoms. The molecule has 4 heteroatoms. The number of aromatic nitrogens is 2. The van der Waals surface area contributed by atoms with Gasteiger partial charge in [0, 0.05) is 12.1 Å². The zero-order valence-corrected chi connectivity index (χ0v) is 13.1. The second-order valence-electron chi connectivity index (χ2n) is 5.07. The van der Waals surface area contributed by atoms with E-state index in [9.17, 15) is 0 Å². The Bertz CT molecular complexity index is 870. The van der Waals surface area contributed by atoms with Gasteiger partial charge in [-0.05, 0) is 43.2 Å². The minimum absolute atomic E-state index is 0.452. The Morgan fingerprint density at radius 3 is 2.59 bits per heavy atom. The van der Waals surface area contributed by atoms with Crippen molar-refractivity contribution in [2.24, 2.45) is 0 Å². The van der Waals surface area contributed by atoms with E-state index >= 15 is 0 Å². The fraction of sp³-hybridized carbons (Fsp3) is 0.167. The number of halogens is 1. The lowest BCUT2D eigenvalue weighted by Gasteiger charge is -2.09. The lowest BCUT2D eigenvalue weighted by molar-refractivity contribution is 0.907. The van der Waals surface area contributed by atoms with Crippen LogP contribution >= 0.6 is 11.6 Å². The molecule has 0 unspecified atom stereocenters. The van der Waals surface area contributed by atoms with E-state index < -0.39 is 0 Å². The summed E-state index contributed by atoms with van der Waals surface area (Å²) in [5.41, 5.74) is 4.39. The van der Waals surface area contributed by atoms with E-state index in [0.717, 1.165) is 35.4 Å². The Balaban J connectivity index is 2.26. The van der Waals surface area contributed by atoms with Crippen LogP contribution in [0.2, 0.25) is 5.02 Å². The van der Waals surface area contributed by atoms with E-state index in [-0.39, 0.29) is 0 Å². The van der Waals surface area contributed by atoms with E-state index in [2.05, 4.69) is 53.7 Å². The summed E-state index contributed by atoms with van der Waals surface area (Å²) in [6.45, 7) is 5.96. The molecule has 3 aromatic rings. The fourth-order valence-electron chi connectivity index (χ4n) is 2.57. The van der Waals surface area contributed by atoms with Crippen molar-refractivity contribution in [3.63, 3.8) is 0 Å². The summed E-state index contributed by atoms with van der Waals surface area (Å²) in [5, 5.41) is 9.56. The van der Waals surface area contributed by atoms with Crippen LogP contribution in [0.15, 0.2) is 36.4 Å². The summed E-state index contributed by atoms with van der Waals surface area (Å²) in [6, 6.07) is 13.9. The number of hydrogen-bond acceptors (Lipinski definition) is 2. The maximum atomic E-state index is 9.11. The van der Waals surface area contributed by atoms with Gasteiger partial charge in [-0.15, -0.1) is 0 Å². The molecule has 0 aliphatic heterocycles. The predicted octanol–water partition coefficient (Wildman–Crippen LogP) is 4.49. The molecular formula is C18H15ClN3. The minimum atomic E-state index is 0.452. The highest BCUT2D eigenvalue weighted by Gasteiger charge is 2.14. The molecule has 0 bridgehead atoms. The zero-order valence-electron chi connectivity index (χ0n) is 12.3. The normalized spacial score (nSPS) is 10.8. The van der Waals surface area contributed by atoms with Gasteiger partial charge in [-0.3, -0.25) is 4.57 Å². The SMILES string of the molecule is [CH2]Cc1ccc(-n2c(CC)nc3cc(C#N)c(Cl)cc32)cc1. The Morgan fingerprint density at radius 1 is 1.27 bits per heavy atom. The first-order valence-corrected chi connectivity index (χ1v) is 7.55. The highest BCUT2D eigenvalue weighted by molar-refractivity contribution is 6.32. The van der Waals surface area contributed by atoms with Crippen molar-refractivity contribution in [1.82, 2.24) is 9.55 Å². The summed E-state index contributed by atoms with van der Waals surface area (Å²) in [5.74, 6) is 0.948. The van der Waals surface area contributed by atoms with Gasteiger partial charge >= 0.3 is 0 Å². The van der Waals surface area contributed by atoms with Gasteiger partial charge in [0.25, 0.3) is 0 Å². The standard InChI is InChI=1S/C18H15ClN3/c1-3-12-5-7-14(8-6-12)22-17-10-15(19)13(11-20)9-16(17)21-18(22)4-2/h5-10H,1,3-4H2,2H3. The molecule has 1 heterocycles. The van der Waals surface area contributed by atoms with Crippen molar-refractivity contribution in [3.8, 4) is 11.8 Å². The molecule has 3 nitrogen and oxygen atoms in total. The quantitative estimate of drug-likeness (QED) is 0.715. The summed E-state index contributed by atoms with van der Waals surface area (Å²) in [6.07, 6.45) is 1.56. The van der Waals surface area contributed by atoms with Crippen molar-refractivity contribution >= 4 is 22.6 Å². The summed E-state index contributed by atoms with van der Waals surface area (Å²) in [4.78, 5) is 4.64. The fourth-order valence-corrected chi connectivity index (χ4v) is 2.77. The molecule has 0 atom stereocenters. The van der Waals surface area contributed by atoms with Gasteiger partial charge in [0.1, 0.15) is 11.9 Å². The average molecular weight is 309 g/mol. The number of rotatable bonds is 3. The van der Waals surface area contributed by atoms with Crippen LogP contribution in [-0.4, -0.2) is 9.55 Å². The van der Waals surface area contributed by atoms with Gasteiger partial charge in [0.15, 0.2) is 0 Å². The molecule has 0 aliphatic carbocycles. The summed E-state index contributed by atoms with van der Waals surface area (Å²) >= 11 is 6.19. The molecule has 0 N–H and O–H groups in total. The van der Waals surface area contributed by atoms with Crippen LogP contribution in [0.3, 0.4) is 0 Å². The molecule has 1 aromatic heterocycles. The van der Waals surface area contributed by atoms with Gasteiger partial charge in [0.05, 0.1) is 21.6 Å². The number of fused-ring (bicyclic) bond motifs is 1. The second kappa shape index (κ2) is 5.82. The number of nitrogens with zero attached hydrogens (tertiary/aromatic N) is 3. The van der Waals surface area contributed by atoms with E-state index in [1.165, 1.54) is 5.56 Å². The third-order valence-electron chi connectivity index (χ3n) is 3.73. The number of aryl methyl sites for hydroxylation is 1. The monoisotopic (exact) mass is 308 g/mol. The van der Waals surface area contributed by atoms with Gasteiger partial charge in [0.2, 0.25) is 0 Å². The number of hydrogen-bond donors (Lipinski definition) is 0. The van der Waals surface area contributed by atoms with Crippen molar-refractivity contribution in [3.05, 3.63) is 65.3 Å². The van der Waals surface area contributed by atoms with Crippen LogP contribution in [0, 0.1) is 18.3 Å². The zero-order chi connectivity index (χ0) is 15.7. The summed E-state index contributed by atoms with van der Waals surface area (Å²) in [7, 11) is 0. The van der Waals surface area contributed by atoms with Crippen molar-refractivity contribution < 1.29 is 0 Å². The first-order valence-electron chi connectivity index (χ1n) is 7.17. The maximum absolute atomic E-state index is 9.11. The Labute approximate surface area is 134 Å². The number of imidazole rings is 1. The molecule has 22 heavy (non-hydrogen) atoms. The third kappa shape index (κ3) is 2.36. The molecule has 0 saturated heterocycles. The average Bonchev–Trinajstić information content (AvgIpc) is 2.91. The minimum Gasteiger partial charge on any atom is -0.296 e. The first kappa shape index (κ1) is 14.6. The Morgan fingerprint density at radius 2 is 2.00 bits per heavy atom. The number of nitriles is 1. The van der Waals surface area contributed by atoms with Crippen LogP contribution in [-0.2, 0) is 12.8 Å². The largest absolute Gasteiger partial charge is 0.296 e. The van der Waals surface area contributed by atoms with E-state index in [4.69, 9.17) is 16.9 Å². The molecule has 0 amide bonds. The van der Waals surface area contributed by atoms with Crippen molar-refractivity contribution in [1.29, 1.82) is 5.26 Å². The van der Waals surface area contributed by atoms with Crippen LogP contribution in [0.1, 0.15) is 23.9 Å². The maximum Gasteiger partial charge on any atom is 0.114 e. The molecule has 2 aromatic carbocycles. The van der Waals surface area contributed by atoms with Crippen LogP contribution in [0.25, 0.3) is 16.7 Å². The van der Waals surface area contributed by atoms with Crippen molar-refractivity contribution in [2.75, 3.05) is 0 Å². The van der Waals surface area contributed by atoms with Gasteiger partial charge < -0.3 is 0 Å². The van der Waals surface area contributed by atoms with Crippen LogP contribution < -0.4 is 0 Å². The Hall–Kier alpha value is -2.31. The molecule has 0 aliphatic rings. The van der Waals surface area contributed by atoms with Crippen LogP contribution in [0.5, 0.6) is 0 Å². The van der Waals surface area contributed by atoms with Gasteiger partial charge in [-0.2, -0.15) is 5.26 Å². The molecule has 0 saturated carbocycles. The van der Waals surface area contributed by atoms with Gasteiger partial charge in [-0.1, -0.05) is 30.7 Å². The molecule has 0 fully saturated rings. The second-order valence-corrected chi connectivity index (χ2v) is 5.47. The molecule has 109 valence electrons. The molecular weight excluding hydrogens is 294 g/mol. The first-order chi connectivity index (χ1) is 10.7. The lowest BCUT2D eigenvalue weighted by atomic mass is 10.1. The van der Waals surface area contributed by atoms with Gasteiger partial charge in [-0.25, -0.2) is 4.98 Å².